The number of ether oxygens (including phenoxy) is 4. The molecule has 0 bridgehead atoms. The molecule has 0 aromatic heterocycles. The quantitative estimate of drug-likeness (QED) is 0.0222. The summed E-state index contributed by atoms with van der Waals surface area (Å²) in [7, 11) is -9.91. The van der Waals surface area contributed by atoms with Gasteiger partial charge in [-0.05, 0) is 43.4 Å². The smallest absolute Gasteiger partial charge is 0.462 e. The van der Waals surface area contributed by atoms with Crippen molar-refractivity contribution in [3.63, 3.8) is 0 Å². The van der Waals surface area contributed by atoms with E-state index in [1.165, 1.54) is 205 Å². The van der Waals surface area contributed by atoms with E-state index in [0.717, 1.165) is 108 Å². The molecule has 0 amide bonds. The molecule has 0 saturated heterocycles. The summed E-state index contributed by atoms with van der Waals surface area (Å²) in [5.74, 6) is 0.249. The number of hydrogen-bond acceptors (Lipinski definition) is 15. The molecule has 0 aromatic rings. The van der Waals surface area contributed by atoms with Crippen molar-refractivity contribution in [1.82, 2.24) is 0 Å². The first kappa shape index (κ1) is 94.1. The van der Waals surface area contributed by atoms with Crippen LogP contribution in [0.15, 0.2) is 0 Å². The van der Waals surface area contributed by atoms with Gasteiger partial charge in [-0.2, -0.15) is 0 Å². The van der Waals surface area contributed by atoms with Gasteiger partial charge in [0.15, 0.2) is 12.2 Å². The number of rotatable bonds is 75. The van der Waals surface area contributed by atoms with Crippen molar-refractivity contribution in [3.8, 4) is 0 Å². The number of hydrogen-bond donors (Lipinski definition) is 3. The third-order valence-electron chi connectivity index (χ3n) is 18.6. The fraction of sp³-hybridized carbons (Fsp3) is 0.948. The third kappa shape index (κ3) is 67.9. The molecule has 3 N–H and O–H groups in total. The van der Waals surface area contributed by atoms with Crippen molar-refractivity contribution in [2.75, 3.05) is 39.6 Å². The predicted octanol–water partition coefficient (Wildman–Crippen LogP) is 22.6. The Kier molecular flexibility index (Phi) is 66.2. The van der Waals surface area contributed by atoms with Gasteiger partial charge in [0.1, 0.15) is 19.3 Å². The molecule has 0 aliphatic carbocycles. The first-order chi connectivity index (χ1) is 46.3. The minimum Gasteiger partial charge on any atom is -0.462 e. The first-order valence-corrected chi connectivity index (χ1v) is 42.9. The lowest BCUT2D eigenvalue weighted by Gasteiger charge is -2.21. The van der Waals surface area contributed by atoms with Crippen LogP contribution < -0.4 is 0 Å². The highest BCUT2D eigenvalue weighted by Crippen LogP contribution is 2.45. The normalized spacial score (nSPS) is 14.6. The molecule has 0 aliphatic heterocycles. The topological polar surface area (TPSA) is 237 Å². The molecule has 7 atom stereocenters. The number of unbranched alkanes of at least 4 members (excludes halogenated alkanes) is 41. The SMILES string of the molecule is CCCCCCCCCCCCCC(=O)OC[C@H](COP(=O)(O)OC[C@H](O)COP(=O)(O)OC[C@@H](COC(=O)CCCCCCCCCCC(C)CC)OC(=O)CCCCCCCCCCCCCCCCCCCCC(C)C)OC(=O)CCCCCCCCCCC(C)CC. The van der Waals surface area contributed by atoms with E-state index >= 15 is 0 Å². The molecule has 19 heteroatoms. The van der Waals surface area contributed by atoms with Crippen molar-refractivity contribution < 1.29 is 80.2 Å². The van der Waals surface area contributed by atoms with E-state index in [1.54, 1.807) is 0 Å². The summed E-state index contributed by atoms with van der Waals surface area (Å²) < 4.78 is 68.5. The zero-order chi connectivity index (χ0) is 70.9. The van der Waals surface area contributed by atoms with Gasteiger partial charge in [0, 0.05) is 25.7 Å². The maximum atomic E-state index is 13.1. The summed E-state index contributed by atoms with van der Waals surface area (Å²) in [6.45, 7) is 11.9. The molecule has 0 heterocycles. The van der Waals surface area contributed by atoms with Crippen LogP contribution in [0.5, 0.6) is 0 Å². The summed E-state index contributed by atoms with van der Waals surface area (Å²) in [4.78, 5) is 72.8. The van der Waals surface area contributed by atoms with Crippen LogP contribution in [0.3, 0.4) is 0 Å². The number of phosphoric ester groups is 2. The Hall–Kier alpha value is -1.94. The lowest BCUT2D eigenvalue weighted by Crippen LogP contribution is -2.30. The van der Waals surface area contributed by atoms with Gasteiger partial charge in [0.05, 0.1) is 26.4 Å². The van der Waals surface area contributed by atoms with Crippen molar-refractivity contribution in [2.45, 2.75) is 414 Å². The molecule has 0 spiro atoms. The number of aliphatic hydroxyl groups is 1. The molecule has 0 fully saturated rings. The summed E-state index contributed by atoms with van der Waals surface area (Å²) in [5, 5.41) is 10.6. The third-order valence-corrected chi connectivity index (χ3v) is 20.5. The Bertz CT molecular complexity index is 1870. The molecular formula is C77H150O17P2. The Morgan fingerprint density at radius 3 is 0.792 bits per heavy atom. The van der Waals surface area contributed by atoms with Crippen LogP contribution in [0, 0.1) is 17.8 Å². The Balaban J connectivity index is 5.21. The van der Waals surface area contributed by atoms with Gasteiger partial charge >= 0.3 is 39.5 Å². The van der Waals surface area contributed by atoms with Crippen molar-refractivity contribution in [1.29, 1.82) is 0 Å². The Morgan fingerprint density at radius 1 is 0.302 bits per heavy atom. The lowest BCUT2D eigenvalue weighted by molar-refractivity contribution is -0.161. The minimum absolute atomic E-state index is 0.105. The number of phosphoric acid groups is 2. The van der Waals surface area contributed by atoms with E-state index in [4.69, 9.17) is 37.0 Å². The van der Waals surface area contributed by atoms with Gasteiger partial charge in [-0.25, -0.2) is 9.13 Å². The minimum atomic E-state index is -4.96. The molecule has 570 valence electrons. The van der Waals surface area contributed by atoms with Gasteiger partial charge in [0.2, 0.25) is 0 Å². The molecule has 96 heavy (non-hydrogen) atoms. The van der Waals surface area contributed by atoms with Crippen LogP contribution >= 0.6 is 15.6 Å². The highest BCUT2D eigenvalue weighted by Gasteiger charge is 2.30. The molecule has 4 unspecified atom stereocenters. The predicted molar refractivity (Wildman–Crippen MR) is 391 cm³/mol. The van der Waals surface area contributed by atoms with E-state index in [9.17, 15) is 43.2 Å². The molecule has 0 rings (SSSR count). The molecule has 0 saturated carbocycles. The fourth-order valence-electron chi connectivity index (χ4n) is 11.7. The molecular weight excluding hydrogens is 1260 g/mol. The molecule has 0 aliphatic rings. The Morgan fingerprint density at radius 2 is 0.531 bits per heavy atom. The molecule has 0 radical (unpaired) electrons. The van der Waals surface area contributed by atoms with Crippen LogP contribution in [-0.2, 0) is 65.4 Å². The van der Waals surface area contributed by atoms with Crippen LogP contribution in [0.25, 0.3) is 0 Å². The number of esters is 4. The lowest BCUT2D eigenvalue weighted by atomic mass is 9.99. The zero-order valence-electron chi connectivity index (χ0n) is 62.8. The van der Waals surface area contributed by atoms with Crippen LogP contribution in [-0.4, -0.2) is 96.7 Å². The first-order valence-electron chi connectivity index (χ1n) is 39.9. The van der Waals surface area contributed by atoms with Crippen LogP contribution in [0.2, 0.25) is 0 Å². The van der Waals surface area contributed by atoms with Crippen LogP contribution in [0.4, 0.5) is 0 Å². The second-order valence-corrected chi connectivity index (χ2v) is 31.6. The monoisotopic (exact) mass is 1410 g/mol. The maximum Gasteiger partial charge on any atom is 0.472 e. The fourth-order valence-corrected chi connectivity index (χ4v) is 13.3. The van der Waals surface area contributed by atoms with Crippen LogP contribution in [0.1, 0.15) is 395 Å². The highest BCUT2D eigenvalue weighted by molar-refractivity contribution is 7.47. The molecule has 0 aromatic carbocycles. The average molecular weight is 1410 g/mol. The van der Waals surface area contributed by atoms with Crippen molar-refractivity contribution in [3.05, 3.63) is 0 Å². The largest absolute Gasteiger partial charge is 0.472 e. The number of aliphatic hydroxyl groups excluding tert-OH is 1. The summed E-state index contributed by atoms with van der Waals surface area (Å²) in [5.41, 5.74) is 0. The van der Waals surface area contributed by atoms with Crippen molar-refractivity contribution in [2.24, 2.45) is 17.8 Å². The van der Waals surface area contributed by atoms with E-state index in [-0.39, 0.29) is 25.7 Å². The standard InChI is InChI=1S/C77H150O17P2/c1-8-11-12-13-14-15-24-28-37-44-51-58-74(79)87-64-73(94-77(82)61-54-47-40-33-31-36-43-50-57-70(7)10-3)67-92-96(85,86)90-63-71(78)62-89-95(83,84)91-66-72(65-88-75(80)59-52-45-38-32-30-35-42-49-56-69(6)9-2)93-76(81)60-53-46-39-29-26-23-21-19-17-16-18-20-22-25-27-34-41-48-55-68(4)5/h68-73,78H,8-67H2,1-7H3,(H,83,84)(H,85,86)/t69?,70?,71-,72-,73-/m1/s1. The summed E-state index contributed by atoms with van der Waals surface area (Å²) in [6, 6.07) is 0. The Labute approximate surface area is 588 Å². The van der Waals surface area contributed by atoms with Gasteiger partial charge in [-0.3, -0.25) is 37.3 Å². The second kappa shape index (κ2) is 67.5. The van der Waals surface area contributed by atoms with E-state index in [2.05, 4.69) is 48.5 Å². The number of carbonyl (C=O) groups excluding carboxylic acids is 4. The zero-order valence-corrected chi connectivity index (χ0v) is 64.6. The number of carbonyl (C=O) groups is 4. The molecule has 17 nitrogen and oxygen atoms in total. The van der Waals surface area contributed by atoms with E-state index in [0.29, 0.717) is 25.7 Å². The van der Waals surface area contributed by atoms with Gasteiger partial charge in [0.25, 0.3) is 0 Å². The van der Waals surface area contributed by atoms with Crippen molar-refractivity contribution >= 4 is 39.5 Å². The van der Waals surface area contributed by atoms with Gasteiger partial charge in [-0.15, -0.1) is 0 Å². The van der Waals surface area contributed by atoms with E-state index in [1.807, 2.05) is 0 Å². The summed E-state index contributed by atoms with van der Waals surface area (Å²) >= 11 is 0. The van der Waals surface area contributed by atoms with Gasteiger partial charge < -0.3 is 33.8 Å². The second-order valence-electron chi connectivity index (χ2n) is 28.7. The van der Waals surface area contributed by atoms with E-state index < -0.39 is 97.5 Å². The average Bonchev–Trinajstić information content (AvgIpc) is 1.92. The van der Waals surface area contributed by atoms with Gasteiger partial charge in [-0.1, -0.05) is 344 Å². The maximum absolute atomic E-state index is 13.1. The summed E-state index contributed by atoms with van der Waals surface area (Å²) in [6.07, 6.45) is 54.0. The highest BCUT2D eigenvalue weighted by atomic mass is 31.2.